The molecule has 5 heteroatoms. The van der Waals surface area contributed by atoms with Crippen LogP contribution in [-0.4, -0.2) is 16.0 Å². The molecule has 1 saturated carbocycles. The van der Waals surface area contributed by atoms with Crippen LogP contribution in [0.5, 0.6) is 0 Å². The highest BCUT2D eigenvalue weighted by Gasteiger charge is 2.16. The lowest BCUT2D eigenvalue weighted by molar-refractivity contribution is 0.462. The highest BCUT2D eigenvalue weighted by Crippen LogP contribution is 2.33. The van der Waals surface area contributed by atoms with Crippen LogP contribution >= 0.6 is 11.3 Å². The number of nitrogens with zero attached hydrogens (tertiary/aromatic N) is 2. The number of hydrogen-bond donors (Lipinski definition) is 2. The number of anilines is 2. The molecule has 2 aromatic heterocycles. The Balaban J connectivity index is 1.75. The molecule has 0 atom stereocenters. The molecule has 0 radical (unpaired) electrons. The molecule has 4 rings (SSSR count). The van der Waals surface area contributed by atoms with Crippen molar-refractivity contribution in [1.29, 1.82) is 0 Å². The Morgan fingerprint density at radius 2 is 1.92 bits per heavy atom. The molecule has 2 heterocycles. The molecule has 3 aromatic rings. The number of nitrogens with two attached hydrogens (primary N) is 1. The topological polar surface area (TPSA) is 63.8 Å². The smallest absolute Gasteiger partial charge is 0.222 e. The summed E-state index contributed by atoms with van der Waals surface area (Å²) < 4.78 is 0. The van der Waals surface area contributed by atoms with Gasteiger partial charge in [0.2, 0.25) is 5.95 Å². The number of rotatable bonds is 3. The summed E-state index contributed by atoms with van der Waals surface area (Å²) in [6, 6.07) is 11.2. The molecule has 124 valence electrons. The van der Waals surface area contributed by atoms with Crippen LogP contribution in [0.1, 0.15) is 37.0 Å². The van der Waals surface area contributed by atoms with Crippen molar-refractivity contribution in [2.75, 3.05) is 11.1 Å². The molecule has 0 unspecified atom stereocenters. The fourth-order valence-corrected chi connectivity index (χ4v) is 4.30. The van der Waals surface area contributed by atoms with E-state index >= 15 is 0 Å². The van der Waals surface area contributed by atoms with Gasteiger partial charge in [-0.25, -0.2) is 4.98 Å². The first-order valence-corrected chi connectivity index (χ1v) is 9.41. The summed E-state index contributed by atoms with van der Waals surface area (Å²) in [5.41, 5.74) is 8.03. The van der Waals surface area contributed by atoms with Gasteiger partial charge in [0, 0.05) is 21.2 Å². The van der Waals surface area contributed by atoms with E-state index in [1.807, 2.05) is 17.4 Å². The molecule has 4 nitrogen and oxygen atoms in total. The Morgan fingerprint density at radius 3 is 2.67 bits per heavy atom. The van der Waals surface area contributed by atoms with E-state index in [4.69, 9.17) is 5.73 Å². The maximum Gasteiger partial charge on any atom is 0.222 e. The van der Waals surface area contributed by atoms with Crippen LogP contribution in [0.2, 0.25) is 0 Å². The fraction of sp³-hybridized carbons (Fsp3) is 0.368. The second-order valence-corrected chi connectivity index (χ2v) is 7.84. The van der Waals surface area contributed by atoms with Crippen molar-refractivity contribution < 1.29 is 0 Å². The molecule has 0 aliphatic heterocycles. The molecule has 3 N–H and O–H groups in total. The number of aryl methyl sites for hydroxylation is 1. The zero-order valence-corrected chi connectivity index (χ0v) is 14.7. The summed E-state index contributed by atoms with van der Waals surface area (Å²) in [7, 11) is 0. The van der Waals surface area contributed by atoms with Crippen LogP contribution in [0, 0.1) is 6.92 Å². The van der Waals surface area contributed by atoms with Gasteiger partial charge in [-0.05, 0) is 49.6 Å². The Hall–Kier alpha value is -2.14. The molecule has 1 aromatic carbocycles. The summed E-state index contributed by atoms with van der Waals surface area (Å²) in [5, 5.41) is 4.67. The first-order valence-electron chi connectivity index (χ1n) is 8.60. The molecule has 0 saturated heterocycles. The minimum Gasteiger partial charge on any atom is -0.368 e. The third-order valence-electron chi connectivity index (χ3n) is 4.68. The minimum absolute atomic E-state index is 0.334. The van der Waals surface area contributed by atoms with Gasteiger partial charge in [0.05, 0.1) is 5.52 Å². The number of benzene rings is 1. The van der Waals surface area contributed by atoms with Gasteiger partial charge in [0.15, 0.2) is 0 Å². The van der Waals surface area contributed by atoms with E-state index in [1.54, 1.807) is 0 Å². The number of thiophene rings is 1. The molecule has 1 fully saturated rings. The monoisotopic (exact) mass is 338 g/mol. The van der Waals surface area contributed by atoms with Gasteiger partial charge >= 0.3 is 0 Å². The van der Waals surface area contributed by atoms with Crippen LogP contribution in [-0.2, 0) is 0 Å². The second-order valence-electron chi connectivity index (χ2n) is 6.55. The lowest BCUT2D eigenvalue weighted by atomic mass is 9.95. The molecule has 1 aliphatic rings. The predicted octanol–water partition coefficient (Wildman–Crippen LogP) is 4.99. The molecule has 0 amide bonds. The van der Waals surface area contributed by atoms with Crippen LogP contribution < -0.4 is 11.1 Å². The van der Waals surface area contributed by atoms with Crippen LogP contribution in [0.4, 0.5) is 11.8 Å². The van der Waals surface area contributed by atoms with Crippen molar-refractivity contribution in [3.63, 3.8) is 0 Å². The third kappa shape index (κ3) is 3.08. The average Bonchev–Trinajstić information content (AvgIpc) is 3.02. The van der Waals surface area contributed by atoms with Crippen molar-refractivity contribution in [3.8, 4) is 10.4 Å². The molecule has 0 bridgehead atoms. The molecular weight excluding hydrogens is 316 g/mol. The average molecular weight is 338 g/mol. The van der Waals surface area contributed by atoms with E-state index in [0.717, 1.165) is 16.7 Å². The van der Waals surface area contributed by atoms with Crippen LogP contribution in [0.15, 0.2) is 30.3 Å². The molecule has 0 spiro atoms. The van der Waals surface area contributed by atoms with Crippen molar-refractivity contribution in [2.24, 2.45) is 0 Å². The highest BCUT2D eigenvalue weighted by atomic mass is 32.1. The van der Waals surface area contributed by atoms with Crippen molar-refractivity contribution in [3.05, 3.63) is 35.2 Å². The largest absolute Gasteiger partial charge is 0.368 e. The summed E-state index contributed by atoms with van der Waals surface area (Å²) in [6.45, 7) is 2.13. The van der Waals surface area contributed by atoms with Crippen LogP contribution in [0.3, 0.4) is 0 Å². The summed E-state index contributed by atoms with van der Waals surface area (Å²) in [6.07, 6.45) is 6.32. The highest BCUT2D eigenvalue weighted by molar-refractivity contribution is 7.15. The number of fused-ring (bicyclic) bond motifs is 1. The Morgan fingerprint density at radius 1 is 1.08 bits per heavy atom. The summed E-state index contributed by atoms with van der Waals surface area (Å²) in [5.74, 6) is 1.21. The van der Waals surface area contributed by atoms with E-state index in [9.17, 15) is 0 Å². The van der Waals surface area contributed by atoms with E-state index in [-0.39, 0.29) is 0 Å². The molecule has 1 aliphatic carbocycles. The molecular formula is C19H22N4S. The lowest BCUT2D eigenvalue weighted by Crippen LogP contribution is -2.23. The van der Waals surface area contributed by atoms with Crippen molar-refractivity contribution in [1.82, 2.24) is 9.97 Å². The van der Waals surface area contributed by atoms with E-state index in [1.165, 1.54) is 47.4 Å². The zero-order valence-electron chi connectivity index (χ0n) is 13.9. The van der Waals surface area contributed by atoms with Gasteiger partial charge in [-0.1, -0.05) is 25.3 Å². The SMILES string of the molecule is Cc1ccc(-c2ccc3nc(N)nc(NC4CCCCC4)c3c2)s1. The van der Waals surface area contributed by atoms with E-state index in [2.05, 4.69) is 46.5 Å². The van der Waals surface area contributed by atoms with E-state index in [0.29, 0.717) is 12.0 Å². The lowest BCUT2D eigenvalue weighted by Gasteiger charge is -2.24. The molecule has 24 heavy (non-hydrogen) atoms. The first-order chi connectivity index (χ1) is 11.7. The number of nitrogens with one attached hydrogen (secondary N) is 1. The second kappa shape index (κ2) is 6.40. The van der Waals surface area contributed by atoms with Gasteiger partial charge in [-0.3, -0.25) is 0 Å². The third-order valence-corrected chi connectivity index (χ3v) is 5.73. The fourth-order valence-electron chi connectivity index (χ4n) is 3.44. The van der Waals surface area contributed by atoms with Gasteiger partial charge in [0.25, 0.3) is 0 Å². The first kappa shape index (κ1) is 15.4. The van der Waals surface area contributed by atoms with Crippen molar-refractivity contribution >= 4 is 34.0 Å². The Kier molecular flexibility index (Phi) is 4.10. The van der Waals surface area contributed by atoms with Gasteiger partial charge in [0.1, 0.15) is 5.82 Å². The Labute approximate surface area is 146 Å². The predicted molar refractivity (Wildman–Crippen MR) is 102 cm³/mol. The van der Waals surface area contributed by atoms with Gasteiger partial charge < -0.3 is 11.1 Å². The number of nitrogen functional groups attached to an aromatic ring is 1. The van der Waals surface area contributed by atoms with Crippen LogP contribution in [0.25, 0.3) is 21.3 Å². The maximum atomic E-state index is 5.92. The quantitative estimate of drug-likeness (QED) is 0.706. The van der Waals surface area contributed by atoms with Gasteiger partial charge in [-0.15, -0.1) is 11.3 Å². The summed E-state index contributed by atoms with van der Waals surface area (Å²) in [4.78, 5) is 11.5. The van der Waals surface area contributed by atoms with Crippen molar-refractivity contribution in [2.45, 2.75) is 45.1 Å². The normalized spacial score (nSPS) is 15.7. The van der Waals surface area contributed by atoms with E-state index < -0.39 is 0 Å². The summed E-state index contributed by atoms with van der Waals surface area (Å²) >= 11 is 1.81. The Bertz CT molecular complexity index is 865. The maximum absolute atomic E-state index is 5.92. The standard InChI is InChI=1S/C19H22N4S/c1-12-7-10-17(24-12)13-8-9-16-15(11-13)18(23-19(20)22-16)21-14-5-3-2-4-6-14/h7-11,14H,2-6H2,1H3,(H3,20,21,22,23). The van der Waals surface area contributed by atoms with Gasteiger partial charge in [-0.2, -0.15) is 4.98 Å². The number of aromatic nitrogens is 2. The minimum atomic E-state index is 0.334. The number of hydrogen-bond acceptors (Lipinski definition) is 5. The zero-order chi connectivity index (χ0) is 16.5.